The molecule has 1 heterocycles. The summed E-state index contributed by atoms with van der Waals surface area (Å²) in [5.41, 5.74) is 0.956. The van der Waals surface area contributed by atoms with Gasteiger partial charge in [-0.25, -0.2) is 9.59 Å². The smallest absolute Gasteiger partial charge is 0.414 e. The molecule has 9 nitrogen and oxygen atoms in total. The Morgan fingerprint density at radius 3 is 2.18 bits per heavy atom. The zero-order valence-electron chi connectivity index (χ0n) is 16.3. The van der Waals surface area contributed by atoms with Gasteiger partial charge in [0.15, 0.2) is 0 Å². The van der Waals surface area contributed by atoms with E-state index in [4.69, 9.17) is 24.5 Å². The van der Waals surface area contributed by atoms with Crippen LogP contribution in [0, 0.1) is 0 Å². The van der Waals surface area contributed by atoms with Crippen LogP contribution in [-0.4, -0.2) is 84.9 Å². The van der Waals surface area contributed by atoms with Gasteiger partial charge in [0.25, 0.3) is 0 Å². The largest absolute Gasteiger partial charge is 0.473 e. The molecule has 28 heavy (non-hydrogen) atoms. The fourth-order valence-electron chi connectivity index (χ4n) is 2.66. The van der Waals surface area contributed by atoms with E-state index >= 15 is 0 Å². The van der Waals surface area contributed by atoms with Crippen molar-refractivity contribution in [3.63, 3.8) is 0 Å². The monoisotopic (exact) mass is 395 g/mol. The van der Waals surface area contributed by atoms with Gasteiger partial charge >= 0.3 is 11.9 Å². The molecule has 3 N–H and O–H groups in total. The molecule has 2 rings (SSSR count). The minimum Gasteiger partial charge on any atom is -0.473 e. The van der Waals surface area contributed by atoms with E-state index in [1.165, 1.54) is 0 Å². The normalized spacial score (nSPS) is 14.1. The number of anilines is 1. The highest BCUT2D eigenvalue weighted by Gasteiger charge is 2.18. The minimum atomic E-state index is -1.82. The van der Waals surface area contributed by atoms with Crippen LogP contribution in [0.2, 0.25) is 0 Å². The molecule has 9 heteroatoms. The third kappa shape index (κ3) is 8.94. The average molecular weight is 395 g/mol. The lowest BCUT2D eigenvalue weighted by Gasteiger charge is -2.28. The lowest BCUT2D eigenvalue weighted by Crippen LogP contribution is -2.45. The quantitative estimate of drug-likeness (QED) is 0.451. The highest BCUT2D eigenvalue weighted by molar-refractivity contribution is 6.27. The second kappa shape index (κ2) is 12.8. The Hall–Kier alpha value is -2.49. The Bertz CT molecular complexity index is 605. The van der Waals surface area contributed by atoms with Crippen molar-refractivity contribution in [3.05, 3.63) is 30.3 Å². The van der Waals surface area contributed by atoms with Crippen molar-refractivity contribution < 1.29 is 29.3 Å². The number of carbonyl (C=O) groups is 3. The van der Waals surface area contributed by atoms with Gasteiger partial charge < -0.3 is 25.2 Å². The van der Waals surface area contributed by atoms with Crippen LogP contribution in [0.25, 0.3) is 0 Å². The summed E-state index contributed by atoms with van der Waals surface area (Å²) in [4.78, 5) is 34.9. The number of carbonyl (C=O) groups excluding carboxylic acids is 1. The lowest BCUT2D eigenvalue weighted by molar-refractivity contribution is -0.159. The summed E-state index contributed by atoms with van der Waals surface area (Å²) >= 11 is 0. The van der Waals surface area contributed by atoms with Crippen LogP contribution in [0.1, 0.15) is 13.8 Å². The van der Waals surface area contributed by atoms with E-state index in [2.05, 4.69) is 10.2 Å². The van der Waals surface area contributed by atoms with Crippen LogP contribution in [-0.2, 0) is 19.1 Å². The molecule has 1 aliphatic rings. The van der Waals surface area contributed by atoms with Crippen molar-refractivity contribution in [1.82, 2.24) is 10.2 Å². The third-order valence-electron chi connectivity index (χ3n) is 3.99. The zero-order chi connectivity index (χ0) is 20.9. The van der Waals surface area contributed by atoms with E-state index in [1.54, 1.807) is 0 Å². The number of para-hydroxylation sites is 1. The van der Waals surface area contributed by atoms with Crippen molar-refractivity contribution >= 4 is 23.5 Å². The Morgan fingerprint density at radius 2 is 1.68 bits per heavy atom. The van der Waals surface area contributed by atoms with Crippen LogP contribution in [0.4, 0.5) is 5.69 Å². The number of hydrogen-bond acceptors (Lipinski definition) is 6. The van der Waals surface area contributed by atoms with Crippen LogP contribution in [0.15, 0.2) is 30.3 Å². The van der Waals surface area contributed by atoms with E-state index in [9.17, 15) is 4.79 Å². The standard InChI is InChI=1S/C17H27N3O2.C2H2O4/c1-15(2)20(16-6-4-3-5-7-16)17(21)14-18-8-9-19-10-12-22-13-11-19;3-1(4)2(5)6/h3-7,15,18H,8-14H2,1-2H3;(H,3,4)(H,5,6). The molecule has 1 fully saturated rings. The number of benzene rings is 1. The van der Waals surface area contributed by atoms with Crippen molar-refractivity contribution in [3.8, 4) is 0 Å². The van der Waals surface area contributed by atoms with Gasteiger partial charge in [0.2, 0.25) is 5.91 Å². The molecule has 0 unspecified atom stereocenters. The molecule has 0 atom stereocenters. The van der Waals surface area contributed by atoms with E-state index in [1.807, 2.05) is 49.1 Å². The van der Waals surface area contributed by atoms with Gasteiger partial charge in [0, 0.05) is 37.9 Å². The molecule has 1 aromatic carbocycles. The summed E-state index contributed by atoms with van der Waals surface area (Å²) in [6, 6.07) is 9.99. The van der Waals surface area contributed by atoms with Crippen molar-refractivity contribution in [2.24, 2.45) is 0 Å². The first-order valence-corrected chi connectivity index (χ1v) is 9.17. The molecule has 1 saturated heterocycles. The number of nitrogens with one attached hydrogen (secondary N) is 1. The Kier molecular flexibility index (Phi) is 10.8. The number of carboxylic acid groups (broad SMARTS) is 2. The topological polar surface area (TPSA) is 119 Å². The second-order valence-corrected chi connectivity index (χ2v) is 6.43. The van der Waals surface area contributed by atoms with Crippen LogP contribution < -0.4 is 10.2 Å². The van der Waals surface area contributed by atoms with Crippen LogP contribution in [0.5, 0.6) is 0 Å². The number of nitrogens with zero attached hydrogens (tertiary/aromatic N) is 2. The molecule has 0 spiro atoms. The first-order valence-electron chi connectivity index (χ1n) is 9.17. The van der Waals surface area contributed by atoms with Gasteiger partial charge in [0.05, 0.1) is 19.8 Å². The summed E-state index contributed by atoms with van der Waals surface area (Å²) in [6.45, 7) is 9.84. The predicted molar refractivity (Wildman–Crippen MR) is 104 cm³/mol. The Labute approximate surface area is 164 Å². The van der Waals surface area contributed by atoms with E-state index in [-0.39, 0.29) is 11.9 Å². The second-order valence-electron chi connectivity index (χ2n) is 6.43. The number of ether oxygens (including phenoxy) is 1. The molecule has 0 bridgehead atoms. The number of rotatable bonds is 7. The number of morpholine rings is 1. The number of aliphatic carboxylic acids is 2. The predicted octanol–water partition coefficient (Wildman–Crippen LogP) is 0.505. The van der Waals surface area contributed by atoms with Crippen molar-refractivity contribution in [2.45, 2.75) is 19.9 Å². The van der Waals surface area contributed by atoms with Crippen molar-refractivity contribution in [2.75, 3.05) is 50.8 Å². The third-order valence-corrected chi connectivity index (χ3v) is 3.99. The van der Waals surface area contributed by atoms with E-state index < -0.39 is 11.9 Å². The van der Waals surface area contributed by atoms with Crippen LogP contribution in [0.3, 0.4) is 0 Å². The molecule has 1 amide bonds. The molecule has 1 aliphatic heterocycles. The van der Waals surface area contributed by atoms with Gasteiger partial charge in [-0.15, -0.1) is 0 Å². The first-order chi connectivity index (χ1) is 13.3. The average Bonchev–Trinajstić information content (AvgIpc) is 2.67. The SMILES string of the molecule is CC(C)N(C(=O)CNCCN1CCOCC1)c1ccccc1.O=C(O)C(=O)O. The highest BCUT2D eigenvalue weighted by Crippen LogP contribution is 2.16. The van der Waals surface area contributed by atoms with Gasteiger partial charge in [-0.3, -0.25) is 9.69 Å². The first kappa shape index (κ1) is 23.5. The summed E-state index contributed by atoms with van der Waals surface area (Å²) in [7, 11) is 0. The van der Waals surface area contributed by atoms with Gasteiger partial charge in [-0.1, -0.05) is 18.2 Å². The fraction of sp³-hybridized carbons (Fsp3) is 0.526. The van der Waals surface area contributed by atoms with Gasteiger partial charge in [-0.2, -0.15) is 0 Å². The van der Waals surface area contributed by atoms with E-state index in [0.717, 1.165) is 45.1 Å². The molecule has 1 aromatic rings. The molecule has 0 saturated carbocycles. The molecule has 0 radical (unpaired) electrons. The maximum atomic E-state index is 12.5. The maximum Gasteiger partial charge on any atom is 0.414 e. The lowest BCUT2D eigenvalue weighted by atomic mass is 10.2. The zero-order valence-corrected chi connectivity index (χ0v) is 16.3. The van der Waals surface area contributed by atoms with Crippen molar-refractivity contribution in [1.29, 1.82) is 0 Å². The summed E-state index contributed by atoms with van der Waals surface area (Å²) in [5.74, 6) is -3.53. The summed E-state index contributed by atoms with van der Waals surface area (Å²) < 4.78 is 5.33. The summed E-state index contributed by atoms with van der Waals surface area (Å²) in [5, 5.41) is 18.0. The molecular formula is C19H29N3O6. The minimum absolute atomic E-state index is 0.114. The highest BCUT2D eigenvalue weighted by atomic mass is 16.5. The van der Waals surface area contributed by atoms with Crippen LogP contribution >= 0.6 is 0 Å². The number of hydrogen-bond donors (Lipinski definition) is 3. The molecule has 156 valence electrons. The van der Waals surface area contributed by atoms with Gasteiger partial charge in [0.1, 0.15) is 0 Å². The number of amides is 1. The molecule has 0 aromatic heterocycles. The fourth-order valence-corrected chi connectivity index (χ4v) is 2.66. The molecular weight excluding hydrogens is 366 g/mol. The molecule has 0 aliphatic carbocycles. The summed E-state index contributed by atoms with van der Waals surface area (Å²) in [6.07, 6.45) is 0. The van der Waals surface area contributed by atoms with Gasteiger partial charge in [-0.05, 0) is 26.0 Å². The van der Waals surface area contributed by atoms with E-state index in [0.29, 0.717) is 6.54 Å². The maximum absolute atomic E-state index is 12.5. The Morgan fingerprint density at radius 1 is 1.11 bits per heavy atom. The number of carboxylic acids is 2. The Balaban J connectivity index is 0.000000568.